The normalized spacial score (nSPS) is 10.7. The largest absolute Gasteiger partial charge is 0.343 e. The molecule has 20 heavy (non-hydrogen) atoms. The number of halogens is 2. The van der Waals surface area contributed by atoms with Crippen molar-refractivity contribution in [3.63, 3.8) is 0 Å². The third-order valence-electron chi connectivity index (χ3n) is 3.28. The molecule has 0 fully saturated rings. The Balaban J connectivity index is 2.08. The van der Waals surface area contributed by atoms with Gasteiger partial charge in [0.15, 0.2) is 0 Å². The number of benzene rings is 2. The Morgan fingerprint density at radius 2 is 1.95 bits per heavy atom. The van der Waals surface area contributed by atoms with Crippen LogP contribution in [-0.2, 0) is 6.54 Å². The van der Waals surface area contributed by atoms with Gasteiger partial charge in [-0.2, -0.15) is 5.26 Å². The molecule has 3 rings (SSSR count). The summed E-state index contributed by atoms with van der Waals surface area (Å²) in [6.07, 6.45) is 1.77. The second kappa shape index (κ2) is 4.78. The molecule has 0 amide bonds. The number of hydrogen-bond donors (Lipinski definition) is 0. The van der Waals surface area contributed by atoms with E-state index in [0.717, 1.165) is 23.0 Å². The minimum absolute atomic E-state index is 0.224. The molecule has 0 N–H and O–H groups in total. The predicted octanol–water partition coefficient (Wildman–Crippen LogP) is 3.84. The van der Waals surface area contributed by atoms with Gasteiger partial charge in [-0.1, -0.05) is 6.07 Å². The van der Waals surface area contributed by atoms with E-state index in [9.17, 15) is 8.78 Å². The molecule has 98 valence electrons. The highest BCUT2D eigenvalue weighted by Crippen LogP contribution is 2.21. The van der Waals surface area contributed by atoms with Crippen LogP contribution in [-0.4, -0.2) is 4.57 Å². The number of fused-ring (bicyclic) bond motifs is 1. The standard InChI is InChI=1S/C16H10F2N2/c17-13-4-5-15(18)12(8-13)10-20-7-6-14-11(9-19)2-1-3-16(14)20/h1-8H,10H2. The molecule has 2 nitrogen and oxygen atoms in total. The van der Waals surface area contributed by atoms with Crippen molar-refractivity contribution < 1.29 is 8.78 Å². The highest BCUT2D eigenvalue weighted by Gasteiger charge is 2.08. The smallest absolute Gasteiger partial charge is 0.128 e. The first kappa shape index (κ1) is 12.4. The summed E-state index contributed by atoms with van der Waals surface area (Å²) in [5.74, 6) is -0.903. The Kier molecular flexibility index (Phi) is 2.96. The van der Waals surface area contributed by atoms with Crippen LogP contribution in [0.4, 0.5) is 8.78 Å². The number of nitrogens with zero attached hydrogens (tertiary/aromatic N) is 2. The van der Waals surface area contributed by atoms with E-state index in [4.69, 9.17) is 5.26 Å². The molecular formula is C16H10F2N2. The van der Waals surface area contributed by atoms with E-state index in [1.807, 2.05) is 12.1 Å². The summed E-state index contributed by atoms with van der Waals surface area (Å²) in [6.45, 7) is 0.224. The molecule has 0 atom stereocenters. The monoisotopic (exact) mass is 268 g/mol. The Morgan fingerprint density at radius 1 is 1.10 bits per heavy atom. The Hall–Kier alpha value is -2.67. The Labute approximate surface area is 114 Å². The van der Waals surface area contributed by atoms with Crippen LogP contribution in [0.15, 0.2) is 48.7 Å². The summed E-state index contributed by atoms with van der Waals surface area (Å²) >= 11 is 0. The van der Waals surface area contributed by atoms with Crippen LogP contribution in [0.3, 0.4) is 0 Å². The quantitative estimate of drug-likeness (QED) is 0.694. The molecule has 0 aliphatic heterocycles. The van der Waals surface area contributed by atoms with Crippen LogP contribution in [0.1, 0.15) is 11.1 Å². The summed E-state index contributed by atoms with van der Waals surface area (Å²) < 4.78 is 28.7. The highest BCUT2D eigenvalue weighted by atomic mass is 19.1. The van der Waals surface area contributed by atoms with E-state index >= 15 is 0 Å². The second-order valence-corrected chi connectivity index (χ2v) is 4.53. The van der Waals surface area contributed by atoms with Gasteiger partial charge in [0, 0.05) is 22.7 Å². The van der Waals surface area contributed by atoms with Crippen LogP contribution in [0, 0.1) is 23.0 Å². The molecule has 0 saturated carbocycles. The zero-order valence-electron chi connectivity index (χ0n) is 10.5. The van der Waals surface area contributed by atoms with Gasteiger partial charge in [-0.05, 0) is 36.4 Å². The molecule has 4 heteroatoms. The molecular weight excluding hydrogens is 258 g/mol. The number of rotatable bonds is 2. The van der Waals surface area contributed by atoms with Crippen molar-refractivity contribution in [1.29, 1.82) is 5.26 Å². The van der Waals surface area contributed by atoms with E-state index in [2.05, 4.69) is 6.07 Å². The molecule has 1 aromatic heterocycles. The topological polar surface area (TPSA) is 28.7 Å². The summed E-state index contributed by atoms with van der Waals surface area (Å²) in [4.78, 5) is 0. The number of hydrogen-bond acceptors (Lipinski definition) is 1. The van der Waals surface area contributed by atoms with E-state index in [1.165, 1.54) is 6.07 Å². The van der Waals surface area contributed by atoms with Crippen LogP contribution < -0.4 is 0 Å². The lowest BCUT2D eigenvalue weighted by atomic mass is 10.1. The minimum atomic E-state index is -0.462. The lowest BCUT2D eigenvalue weighted by Gasteiger charge is -2.07. The number of nitriles is 1. The zero-order chi connectivity index (χ0) is 14.1. The van der Waals surface area contributed by atoms with Crippen molar-refractivity contribution in [2.75, 3.05) is 0 Å². The van der Waals surface area contributed by atoms with Gasteiger partial charge in [0.25, 0.3) is 0 Å². The molecule has 0 aliphatic carbocycles. The van der Waals surface area contributed by atoms with Crippen molar-refractivity contribution in [1.82, 2.24) is 4.57 Å². The van der Waals surface area contributed by atoms with E-state index in [1.54, 1.807) is 22.9 Å². The molecule has 0 saturated heterocycles. The van der Waals surface area contributed by atoms with Gasteiger partial charge in [0.05, 0.1) is 18.2 Å². The van der Waals surface area contributed by atoms with Crippen LogP contribution in [0.2, 0.25) is 0 Å². The van der Waals surface area contributed by atoms with E-state index in [-0.39, 0.29) is 12.1 Å². The molecule has 2 aromatic carbocycles. The lowest BCUT2D eigenvalue weighted by molar-refractivity contribution is 0.579. The van der Waals surface area contributed by atoms with Gasteiger partial charge in [0.1, 0.15) is 11.6 Å². The summed E-state index contributed by atoms with van der Waals surface area (Å²) in [5, 5.41) is 9.86. The van der Waals surface area contributed by atoms with Gasteiger partial charge in [-0.3, -0.25) is 0 Å². The third-order valence-corrected chi connectivity index (χ3v) is 3.28. The average molecular weight is 268 g/mol. The summed E-state index contributed by atoms with van der Waals surface area (Å²) in [6, 6.07) is 12.7. The minimum Gasteiger partial charge on any atom is -0.343 e. The maximum atomic E-state index is 13.7. The van der Waals surface area contributed by atoms with Crippen molar-refractivity contribution in [3.05, 3.63) is 71.4 Å². The molecule has 1 heterocycles. The van der Waals surface area contributed by atoms with Gasteiger partial charge in [-0.15, -0.1) is 0 Å². The van der Waals surface area contributed by atoms with Gasteiger partial charge in [-0.25, -0.2) is 8.78 Å². The molecule has 0 radical (unpaired) electrons. The van der Waals surface area contributed by atoms with Crippen molar-refractivity contribution in [3.8, 4) is 6.07 Å². The Bertz CT molecular complexity index is 828. The maximum absolute atomic E-state index is 13.7. The lowest BCUT2D eigenvalue weighted by Crippen LogP contribution is -2.01. The van der Waals surface area contributed by atoms with Crippen molar-refractivity contribution >= 4 is 10.9 Å². The SMILES string of the molecule is N#Cc1cccc2c1ccn2Cc1cc(F)ccc1F. The molecule has 0 spiro atoms. The van der Waals surface area contributed by atoms with Crippen LogP contribution in [0.25, 0.3) is 10.9 Å². The summed E-state index contributed by atoms with van der Waals surface area (Å²) in [7, 11) is 0. The molecule has 3 aromatic rings. The first-order chi connectivity index (χ1) is 9.69. The molecule has 0 unspecified atom stereocenters. The fourth-order valence-corrected chi connectivity index (χ4v) is 2.31. The van der Waals surface area contributed by atoms with Crippen LogP contribution >= 0.6 is 0 Å². The first-order valence-electron chi connectivity index (χ1n) is 6.11. The molecule has 0 bridgehead atoms. The average Bonchev–Trinajstić information content (AvgIpc) is 2.86. The fourth-order valence-electron chi connectivity index (χ4n) is 2.31. The van der Waals surface area contributed by atoms with E-state index in [0.29, 0.717) is 5.56 Å². The van der Waals surface area contributed by atoms with Gasteiger partial charge < -0.3 is 4.57 Å². The highest BCUT2D eigenvalue weighted by molar-refractivity contribution is 5.86. The zero-order valence-corrected chi connectivity index (χ0v) is 10.5. The van der Waals surface area contributed by atoms with Crippen molar-refractivity contribution in [2.45, 2.75) is 6.54 Å². The maximum Gasteiger partial charge on any atom is 0.128 e. The molecule has 0 aliphatic rings. The van der Waals surface area contributed by atoms with Crippen molar-refractivity contribution in [2.24, 2.45) is 0 Å². The van der Waals surface area contributed by atoms with Crippen LogP contribution in [0.5, 0.6) is 0 Å². The Morgan fingerprint density at radius 3 is 2.75 bits per heavy atom. The van der Waals surface area contributed by atoms with Gasteiger partial charge >= 0.3 is 0 Å². The first-order valence-corrected chi connectivity index (χ1v) is 6.11. The van der Waals surface area contributed by atoms with Gasteiger partial charge in [0.2, 0.25) is 0 Å². The third kappa shape index (κ3) is 2.04. The van der Waals surface area contributed by atoms with E-state index < -0.39 is 11.6 Å². The number of aromatic nitrogens is 1. The summed E-state index contributed by atoms with van der Waals surface area (Å²) in [5.41, 5.74) is 1.68. The predicted molar refractivity (Wildman–Crippen MR) is 72.1 cm³/mol. The fraction of sp³-hybridized carbons (Fsp3) is 0.0625. The second-order valence-electron chi connectivity index (χ2n) is 4.53.